The van der Waals surface area contributed by atoms with Gasteiger partial charge in [-0.25, -0.2) is 14.7 Å². The summed E-state index contributed by atoms with van der Waals surface area (Å²) in [7, 11) is 0. The number of nitrogens with one attached hydrogen (secondary N) is 1. The lowest BCUT2D eigenvalue weighted by Crippen LogP contribution is -2.48. The maximum atomic E-state index is 13.9. The van der Waals surface area contributed by atoms with Gasteiger partial charge in [0.05, 0.1) is 17.1 Å². The summed E-state index contributed by atoms with van der Waals surface area (Å²) < 4.78 is 19.4. The fourth-order valence-corrected chi connectivity index (χ4v) is 4.46. The van der Waals surface area contributed by atoms with E-state index >= 15 is 0 Å². The molecule has 0 saturated heterocycles. The predicted octanol–water partition coefficient (Wildman–Crippen LogP) is 4.27. The van der Waals surface area contributed by atoms with Crippen molar-refractivity contribution < 1.29 is 18.7 Å². The van der Waals surface area contributed by atoms with Crippen molar-refractivity contribution in [3.8, 4) is 0 Å². The molecule has 8 heteroatoms. The van der Waals surface area contributed by atoms with E-state index in [1.165, 1.54) is 11.0 Å². The highest BCUT2D eigenvalue weighted by atomic mass is 19.1. The quantitative estimate of drug-likeness (QED) is 0.569. The van der Waals surface area contributed by atoms with Gasteiger partial charge in [0.25, 0.3) is 5.91 Å². The molecule has 0 spiro atoms. The molecular formula is C24H27FN4O3. The number of aromatic nitrogens is 2. The Morgan fingerprint density at radius 3 is 2.81 bits per heavy atom. The van der Waals surface area contributed by atoms with Gasteiger partial charge < -0.3 is 10.1 Å². The number of imide groups is 1. The minimum atomic E-state index is -0.715. The van der Waals surface area contributed by atoms with Gasteiger partial charge in [0.1, 0.15) is 5.60 Å². The van der Waals surface area contributed by atoms with Crippen molar-refractivity contribution in [1.82, 2.24) is 20.2 Å². The fourth-order valence-electron chi connectivity index (χ4n) is 4.46. The van der Waals surface area contributed by atoms with Crippen LogP contribution >= 0.6 is 0 Å². The monoisotopic (exact) mass is 438 g/mol. The van der Waals surface area contributed by atoms with Crippen LogP contribution in [0.3, 0.4) is 0 Å². The highest BCUT2D eigenvalue weighted by molar-refractivity contribution is 6.04. The van der Waals surface area contributed by atoms with Crippen LogP contribution in [0.2, 0.25) is 0 Å². The van der Waals surface area contributed by atoms with Crippen LogP contribution in [0.5, 0.6) is 0 Å². The molecule has 1 N–H and O–H groups in total. The lowest BCUT2D eigenvalue weighted by Gasteiger charge is -2.33. The summed E-state index contributed by atoms with van der Waals surface area (Å²) in [5, 5.41) is 3.49. The van der Waals surface area contributed by atoms with Crippen molar-refractivity contribution in [3.63, 3.8) is 0 Å². The van der Waals surface area contributed by atoms with Crippen LogP contribution in [0.25, 0.3) is 11.0 Å². The van der Waals surface area contributed by atoms with Crippen molar-refractivity contribution in [2.45, 2.75) is 45.8 Å². The number of carbonyl (C=O) groups is 2. The number of hydrogen-bond acceptors (Lipinski definition) is 6. The Balaban J connectivity index is 1.72. The Hall–Kier alpha value is -3.29. The molecule has 32 heavy (non-hydrogen) atoms. The van der Waals surface area contributed by atoms with Crippen molar-refractivity contribution in [1.29, 1.82) is 0 Å². The van der Waals surface area contributed by atoms with Crippen LogP contribution in [0.15, 0.2) is 48.3 Å². The zero-order valence-corrected chi connectivity index (χ0v) is 18.7. The Kier molecular flexibility index (Phi) is 5.48. The van der Waals surface area contributed by atoms with E-state index in [0.29, 0.717) is 23.0 Å². The van der Waals surface area contributed by atoms with E-state index in [4.69, 9.17) is 4.74 Å². The molecule has 4 rings (SSSR count). The van der Waals surface area contributed by atoms with Crippen LogP contribution in [0.4, 0.5) is 9.18 Å². The summed E-state index contributed by atoms with van der Waals surface area (Å²) in [5.41, 5.74) is 2.41. The average Bonchev–Trinajstić information content (AvgIpc) is 3.06. The van der Waals surface area contributed by atoms with Crippen LogP contribution in [-0.2, 0) is 9.53 Å². The van der Waals surface area contributed by atoms with Crippen LogP contribution in [-0.4, -0.2) is 39.0 Å². The number of amides is 2. The molecule has 7 nitrogen and oxygen atoms in total. The normalized spacial score (nSPS) is 23.2. The van der Waals surface area contributed by atoms with E-state index in [2.05, 4.69) is 21.9 Å². The summed E-state index contributed by atoms with van der Waals surface area (Å²) in [6.07, 6.45) is 3.36. The first-order valence-corrected chi connectivity index (χ1v) is 10.7. The molecule has 2 aliphatic rings. The molecule has 0 fully saturated rings. The van der Waals surface area contributed by atoms with Gasteiger partial charge in [-0.2, -0.15) is 4.39 Å². The molecule has 168 valence electrons. The zero-order valence-electron chi connectivity index (χ0n) is 18.7. The second-order valence-electron chi connectivity index (χ2n) is 9.26. The van der Waals surface area contributed by atoms with Gasteiger partial charge in [-0.15, -0.1) is 6.58 Å². The summed E-state index contributed by atoms with van der Waals surface area (Å²) in [6.45, 7) is 11.3. The van der Waals surface area contributed by atoms with Crippen molar-refractivity contribution in [2.24, 2.45) is 11.8 Å². The molecule has 3 unspecified atom stereocenters. The van der Waals surface area contributed by atoms with Gasteiger partial charge >= 0.3 is 6.09 Å². The molecule has 0 radical (unpaired) electrons. The molecule has 2 amide bonds. The number of allylic oxidation sites excluding steroid dienone is 1. The zero-order chi connectivity index (χ0) is 23.2. The molecule has 0 aromatic carbocycles. The molecule has 2 aliphatic heterocycles. The number of carbonyl (C=O) groups excluding carboxylic acids is 2. The Bertz CT molecular complexity index is 1140. The van der Waals surface area contributed by atoms with Gasteiger partial charge in [0.2, 0.25) is 5.95 Å². The SMILES string of the molecule is C=CCC1CN(C(=O)OC(C)(C)C)C(=O)C2=C1NC(c1ccnc3ccc(F)nc13)C2C. The summed E-state index contributed by atoms with van der Waals surface area (Å²) in [6, 6.07) is 4.34. The van der Waals surface area contributed by atoms with E-state index in [9.17, 15) is 14.0 Å². The summed E-state index contributed by atoms with van der Waals surface area (Å²) in [4.78, 5) is 35.7. The molecule has 0 bridgehead atoms. The van der Waals surface area contributed by atoms with E-state index in [0.717, 1.165) is 11.3 Å². The Morgan fingerprint density at radius 1 is 1.38 bits per heavy atom. The lowest BCUT2D eigenvalue weighted by atomic mass is 9.86. The van der Waals surface area contributed by atoms with Crippen molar-refractivity contribution in [2.75, 3.05) is 6.54 Å². The third-order valence-corrected chi connectivity index (χ3v) is 5.82. The van der Waals surface area contributed by atoms with Gasteiger partial charge in [-0.1, -0.05) is 13.0 Å². The first kappa shape index (κ1) is 21.9. The number of pyridine rings is 2. The highest BCUT2D eigenvalue weighted by Crippen LogP contribution is 2.43. The van der Waals surface area contributed by atoms with Gasteiger partial charge in [0, 0.05) is 41.4 Å². The minimum absolute atomic E-state index is 0.127. The lowest BCUT2D eigenvalue weighted by molar-refractivity contribution is -0.128. The van der Waals surface area contributed by atoms with Gasteiger partial charge in [-0.05, 0) is 45.4 Å². The van der Waals surface area contributed by atoms with Crippen LogP contribution < -0.4 is 5.32 Å². The van der Waals surface area contributed by atoms with Crippen LogP contribution in [0, 0.1) is 17.8 Å². The largest absolute Gasteiger partial charge is 0.443 e. The minimum Gasteiger partial charge on any atom is -0.443 e. The molecule has 2 aromatic heterocycles. The molecule has 2 aromatic rings. The van der Waals surface area contributed by atoms with Crippen molar-refractivity contribution >= 4 is 23.0 Å². The molecular weight excluding hydrogens is 411 g/mol. The first-order valence-electron chi connectivity index (χ1n) is 10.7. The predicted molar refractivity (Wildman–Crippen MR) is 118 cm³/mol. The molecule has 3 atom stereocenters. The standard InChI is InChI=1S/C24H27FN4O3/c1-6-7-14-12-29(23(31)32-24(3,4)5)22(30)18-13(2)19(28-20(14)18)15-10-11-26-16-8-9-17(25)27-21(15)16/h6,8-11,13-14,19,28H,1,7,12H2,2-5H3. The number of ether oxygens (including phenoxy) is 1. The Morgan fingerprint density at radius 2 is 2.12 bits per heavy atom. The van der Waals surface area contributed by atoms with Crippen molar-refractivity contribution in [3.05, 3.63) is 59.8 Å². The second kappa shape index (κ2) is 8.00. The van der Waals surface area contributed by atoms with Crippen LogP contribution in [0.1, 0.15) is 45.7 Å². The molecule has 0 saturated carbocycles. The molecule has 0 aliphatic carbocycles. The number of hydrogen-bond donors (Lipinski definition) is 1. The highest BCUT2D eigenvalue weighted by Gasteiger charge is 2.46. The third-order valence-electron chi connectivity index (χ3n) is 5.82. The fraction of sp³-hybridized carbons (Fsp3) is 0.417. The maximum absolute atomic E-state index is 13.9. The van der Waals surface area contributed by atoms with E-state index in [-0.39, 0.29) is 30.3 Å². The smallest absolute Gasteiger partial charge is 0.417 e. The number of fused-ring (bicyclic) bond motifs is 1. The summed E-state index contributed by atoms with van der Waals surface area (Å²) >= 11 is 0. The van der Waals surface area contributed by atoms with E-state index in [1.54, 1.807) is 45.2 Å². The van der Waals surface area contributed by atoms with E-state index < -0.39 is 17.6 Å². The number of nitrogens with zero attached hydrogens (tertiary/aromatic N) is 3. The number of halogens is 1. The first-order chi connectivity index (χ1) is 15.1. The second-order valence-corrected chi connectivity index (χ2v) is 9.26. The summed E-state index contributed by atoms with van der Waals surface area (Å²) in [5.74, 6) is -1.36. The average molecular weight is 439 g/mol. The topological polar surface area (TPSA) is 84.4 Å². The molecule has 4 heterocycles. The third kappa shape index (κ3) is 3.85. The van der Waals surface area contributed by atoms with E-state index in [1.807, 2.05) is 6.92 Å². The Labute approximate surface area is 186 Å². The van der Waals surface area contributed by atoms with Gasteiger partial charge in [-0.3, -0.25) is 9.78 Å². The van der Waals surface area contributed by atoms with Gasteiger partial charge in [0.15, 0.2) is 0 Å². The number of rotatable bonds is 3. The maximum Gasteiger partial charge on any atom is 0.417 e.